The Kier molecular flexibility index (Phi) is 13.4. The van der Waals surface area contributed by atoms with Gasteiger partial charge in [-0.05, 0) is 135 Å². The molecule has 4 aliphatic rings. The molecule has 10 nitrogen and oxygen atoms in total. The van der Waals surface area contributed by atoms with E-state index in [1.165, 1.54) is 12.1 Å². The molecule has 6 aromatic rings. The fourth-order valence-electron chi connectivity index (χ4n) is 9.81. The molecule has 0 amide bonds. The van der Waals surface area contributed by atoms with Crippen LogP contribution in [0.2, 0.25) is 0 Å². The summed E-state index contributed by atoms with van der Waals surface area (Å²) in [5, 5.41) is 0.428. The number of ether oxygens (including phenoxy) is 3. The van der Waals surface area contributed by atoms with Gasteiger partial charge in [0.25, 0.3) is 0 Å². The van der Waals surface area contributed by atoms with Crippen LogP contribution in [0, 0.1) is 63.0 Å². The lowest BCUT2D eigenvalue weighted by Crippen LogP contribution is -2.13. The van der Waals surface area contributed by atoms with Gasteiger partial charge in [-0.2, -0.15) is 0 Å². The molecule has 4 aliphatic carbocycles. The Labute approximate surface area is 385 Å². The molecule has 2 saturated carbocycles. The van der Waals surface area contributed by atoms with Crippen molar-refractivity contribution in [1.82, 2.24) is 19.9 Å². The van der Waals surface area contributed by atoms with Gasteiger partial charge in [-0.1, -0.05) is 52.3 Å². The summed E-state index contributed by atoms with van der Waals surface area (Å²) < 4.78 is 43.8. The van der Waals surface area contributed by atoms with Crippen molar-refractivity contribution in [2.75, 3.05) is 13.2 Å². The monoisotopic (exact) mass is 944 g/mol. The van der Waals surface area contributed by atoms with E-state index in [0.717, 1.165) is 79.9 Å². The average molecular weight is 946 g/mol. The number of benzene rings is 2. The number of H-pyrrole nitrogens is 1. The summed E-state index contributed by atoms with van der Waals surface area (Å²) in [5.41, 5.74) is 13.3. The van der Waals surface area contributed by atoms with Gasteiger partial charge >= 0.3 is 11.9 Å². The minimum absolute atomic E-state index is 0.00526. The van der Waals surface area contributed by atoms with Crippen molar-refractivity contribution in [1.29, 1.82) is 0 Å². The maximum atomic E-state index is 14.4. The molecule has 6 unspecified atom stereocenters. The normalized spacial score (nSPS) is 20.1. The van der Waals surface area contributed by atoms with Gasteiger partial charge in [0.15, 0.2) is 0 Å². The standard InChI is InChI=1S/C26H25FN2O3.C14H13BrFN.C12H13NO3/c1-4-31-26(30)25-17-10-16-11-22(28-12-18(16)24(17)25)32-13-21-19(27)8-9-20(29-21)23-14(2)6-5-7-15(23)3;1-9-4-3-5-10(2)14(9)12-7-6-11(16)13(8-15)17-12;1-2-16-12(15)11-7-3-6-4-9(14)13-5-8(6)10(7)11/h5-9,11-12,17,24-25H,4,10,13H2,1-3H3;3-7H,8H2,1-2H3;4-5,7,10-11H,2-3H2,1H3,(H,13,14). The van der Waals surface area contributed by atoms with Crippen LogP contribution in [0.3, 0.4) is 0 Å². The second-order valence-corrected chi connectivity index (χ2v) is 17.6. The van der Waals surface area contributed by atoms with Gasteiger partial charge in [-0.15, -0.1) is 0 Å². The minimum atomic E-state index is -0.403. The number of halogens is 3. The van der Waals surface area contributed by atoms with Crippen molar-refractivity contribution in [3.63, 3.8) is 0 Å². The summed E-state index contributed by atoms with van der Waals surface area (Å²) in [6, 6.07) is 22.0. The van der Waals surface area contributed by atoms with Crippen LogP contribution in [0.5, 0.6) is 5.88 Å². The first-order valence-corrected chi connectivity index (χ1v) is 23.1. The van der Waals surface area contributed by atoms with Gasteiger partial charge in [0.2, 0.25) is 11.4 Å². The number of alkyl halides is 1. The third-order valence-corrected chi connectivity index (χ3v) is 13.5. The number of aryl methyl sites for hydroxylation is 4. The van der Waals surface area contributed by atoms with Crippen molar-refractivity contribution in [3.05, 3.63) is 163 Å². The number of rotatable bonds is 10. The second-order valence-electron chi connectivity index (χ2n) is 17.0. The number of fused-ring (bicyclic) bond motifs is 6. The van der Waals surface area contributed by atoms with Crippen LogP contribution >= 0.6 is 15.9 Å². The molecule has 0 bridgehead atoms. The van der Waals surface area contributed by atoms with E-state index in [1.54, 1.807) is 30.6 Å². The Balaban J connectivity index is 0.000000147. The quantitative estimate of drug-likeness (QED) is 0.105. The van der Waals surface area contributed by atoms with E-state index in [9.17, 15) is 23.2 Å². The van der Waals surface area contributed by atoms with E-state index >= 15 is 0 Å². The van der Waals surface area contributed by atoms with E-state index in [-0.39, 0.29) is 59.3 Å². The first-order valence-electron chi connectivity index (χ1n) is 22.0. The number of esters is 2. The van der Waals surface area contributed by atoms with Crippen LogP contribution in [-0.2, 0) is 43.8 Å². The highest BCUT2D eigenvalue weighted by Gasteiger charge is 2.61. The fourth-order valence-corrected chi connectivity index (χ4v) is 10.2. The lowest BCUT2D eigenvalue weighted by atomic mass is 9.99. The lowest BCUT2D eigenvalue weighted by Gasteiger charge is -2.12. The molecule has 0 saturated heterocycles. The van der Waals surface area contributed by atoms with Gasteiger partial charge < -0.3 is 19.2 Å². The predicted molar refractivity (Wildman–Crippen MR) is 247 cm³/mol. The fraction of sp³-hybridized carbons (Fsp3) is 0.346. The second kappa shape index (κ2) is 19.2. The van der Waals surface area contributed by atoms with Gasteiger partial charge in [0.1, 0.15) is 23.9 Å². The maximum Gasteiger partial charge on any atom is 0.309 e. The van der Waals surface area contributed by atoms with Crippen LogP contribution in [0.4, 0.5) is 8.78 Å². The average Bonchev–Trinajstić information content (AvgIpc) is 4.09. The van der Waals surface area contributed by atoms with Crippen molar-refractivity contribution in [2.45, 2.75) is 78.2 Å². The van der Waals surface area contributed by atoms with Crippen LogP contribution in [0.25, 0.3) is 22.5 Å². The number of nitrogens with zero attached hydrogens (tertiary/aromatic N) is 3. The van der Waals surface area contributed by atoms with E-state index in [2.05, 4.69) is 35.9 Å². The van der Waals surface area contributed by atoms with Crippen LogP contribution in [-0.4, -0.2) is 45.1 Å². The molecule has 4 heterocycles. The van der Waals surface area contributed by atoms with E-state index in [4.69, 9.17) is 14.2 Å². The lowest BCUT2D eigenvalue weighted by molar-refractivity contribution is -0.146. The van der Waals surface area contributed by atoms with Crippen LogP contribution in [0.1, 0.15) is 81.6 Å². The van der Waals surface area contributed by atoms with Crippen LogP contribution in [0.15, 0.2) is 90.0 Å². The zero-order valence-corrected chi connectivity index (χ0v) is 38.8. The summed E-state index contributed by atoms with van der Waals surface area (Å²) >= 11 is 3.25. The molecule has 0 spiro atoms. The predicted octanol–water partition coefficient (Wildman–Crippen LogP) is 10.2. The number of aromatic amines is 1. The summed E-state index contributed by atoms with van der Waals surface area (Å²) in [6.07, 6.45) is 5.19. The summed E-state index contributed by atoms with van der Waals surface area (Å²) in [5.74, 6) is 0.713. The number of nitrogens with one attached hydrogen (secondary N) is 1. The largest absolute Gasteiger partial charge is 0.471 e. The molecular weight excluding hydrogens is 894 g/mol. The van der Waals surface area contributed by atoms with E-state index in [0.29, 0.717) is 42.0 Å². The number of hydrogen-bond acceptors (Lipinski definition) is 9. The van der Waals surface area contributed by atoms with Gasteiger partial charge in [0.05, 0.1) is 42.1 Å². The van der Waals surface area contributed by atoms with Gasteiger partial charge in [0, 0.05) is 52.8 Å². The van der Waals surface area contributed by atoms with Gasteiger partial charge in [-0.25, -0.2) is 23.7 Å². The summed E-state index contributed by atoms with van der Waals surface area (Å²) in [7, 11) is 0. The molecular formula is C52H51BrF2N4O6. The smallest absolute Gasteiger partial charge is 0.309 e. The van der Waals surface area contributed by atoms with E-state index < -0.39 is 5.82 Å². The van der Waals surface area contributed by atoms with E-state index in [1.807, 2.05) is 84.0 Å². The van der Waals surface area contributed by atoms with Crippen molar-refractivity contribution >= 4 is 27.9 Å². The highest BCUT2D eigenvalue weighted by atomic mass is 79.9. The third-order valence-electron chi connectivity index (χ3n) is 12.9. The molecule has 2 aromatic carbocycles. The molecule has 65 heavy (non-hydrogen) atoms. The topological polar surface area (TPSA) is 133 Å². The molecule has 336 valence electrons. The molecule has 1 N–H and O–H groups in total. The SMILES string of the molecule is CCOC(=O)C1C2Cc3cc(=O)[nH]cc3C21.CCOC(=O)C1C2Cc3cc(OCc4nc(-c5c(C)cccc5C)ccc4F)ncc3C21.Cc1cccc(C)c1-c1ccc(F)c(CBr)n1. The molecule has 0 aliphatic heterocycles. The highest BCUT2D eigenvalue weighted by Crippen LogP contribution is 2.62. The Bertz CT molecular complexity index is 2810. The molecule has 6 atom stereocenters. The zero-order chi connectivity index (χ0) is 46.1. The summed E-state index contributed by atoms with van der Waals surface area (Å²) in [4.78, 5) is 50.7. The first-order chi connectivity index (χ1) is 31.3. The number of hydrogen-bond donors (Lipinski definition) is 1. The molecule has 4 aromatic heterocycles. The molecule has 13 heteroatoms. The summed E-state index contributed by atoms with van der Waals surface area (Å²) in [6.45, 7) is 12.6. The van der Waals surface area contributed by atoms with Crippen molar-refractivity contribution < 1.29 is 32.6 Å². The first kappa shape index (κ1) is 45.5. The minimum Gasteiger partial charge on any atom is -0.471 e. The highest BCUT2D eigenvalue weighted by molar-refractivity contribution is 9.08. The number of pyridine rings is 4. The maximum absolute atomic E-state index is 14.4. The zero-order valence-electron chi connectivity index (χ0n) is 37.2. The third kappa shape index (κ3) is 9.38. The Morgan fingerprint density at radius 1 is 0.708 bits per heavy atom. The Morgan fingerprint density at radius 2 is 1.20 bits per heavy atom. The molecule has 2 fully saturated rings. The van der Waals surface area contributed by atoms with Crippen molar-refractivity contribution in [3.8, 4) is 28.4 Å². The number of carbonyl (C=O) groups excluding carboxylic acids is 2. The number of aromatic nitrogens is 4. The molecule has 10 rings (SSSR count). The van der Waals surface area contributed by atoms with Crippen molar-refractivity contribution in [2.24, 2.45) is 23.7 Å². The van der Waals surface area contributed by atoms with Crippen LogP contribution < -0.4 is 10.3 Å². The Hall–Kier alpha value is -6.08. The van der Waals surface area contributed by atoms with Gasteiger partial charge in [-0.3, -0.25) is 14.4 Å². The number of carbonyl (C=O) groups is 2. The Morgan fingerprint density at radius 3 is 1.72 bits per heavy atom. The molecule has 0 radical (unpaired) electrons.